The van der Waals surface area contributed by atoms with Gasteiger partial charge in [0.05, 0.1) is 6.04 Å². The molecule has 1 aromatic rings. The van der Waals surface area contributed by atoms with Gasteiger partial charge in [0.15, 0.2) is 0 Å². The van der Waals surface area contributed by atoms with E-state index in [1.54, 1.807) is 0 Å². The van der Waals surface area contributed by atoms with E-state index in [1.165, 1.54) is 5.56 Å². The van der Waals surface area contributed by atoms with E-state index < -0.39 is 0 Å². The molecule has 3 heteroatoms. The first-order valence-electron chi connectivity index (χ1n) is 7.29. The molecule has 0 radical (unpaired) electrons. The first-order chi connectivity index (χ1) is 9.19. The second-order valence-electron chi connectivity index (χ2n) is 6.87. The molecular formula is C17H28N2O. The van der Waals surface area contributed by atoms with Gasteiger partial charge in [0.2, 0.25) is 5.91 Å². The summed E-state index contributed by atoms with van der Waals surface area (Å²) in [6, 6.07) is 8.05. The molecule has 0 aliphatic rings. The third-order valence-electron chi connectivity index (χ3n) is 3.35. The van der Waals surface area contributed by atoms with Gasteiger partial charge < -0.3 is 11.1 Å². The largest absolute Gasteiger partial charge is 0.350 e. The molecule has 1 aromatic carbocycles. The fourth-order valence-corrected chi connectivity index (χ4v) is 2.55. The maximum absolute atomic E-state index is 12.0. The van der Waals surface area contributed by atoms with Crippen LogP contribution in [0.15, 0.2) is 24.3 Å². The molecule has 3 nitrogen and oxygen atoms in total. The average Bonchev–Trinajstić information content (AvgIpc) is 2.25. The molecule has 0 bridgehead atoms. The van der Waals surface area contributed by atoms with Crippen LogP contribution in [0.3, 0.4) is 0 Å². The van der Waals surface area contributed by atoms with Crippen LogP contribution < -0.4 is 11.1 Å². The Balaban J connectivity index is 2.52. The van der Waals surface area contributed by atoms with Crippen LogP contribution in [0.5, 0.6) is 0 Å². The van der Waals surface area contributed by atoms with Crippen molar-refractivity contribution in [1.82, 2.24) is 5.32 Å². The highest BCUT2D eigenvalue weighted by Crippen LogP contribution is 2.21. The summed E-state index contributed by atoms with van der Waals surface area (Å²) in [4.78, 5) is 12.0. The minimum atomic E-state index is -0.0842. The molecule has 3 N–H and O–H groups in total. The lowest BCUT2D eigenvalue weighted by Gasteiger charge is -2.23. The maximum atomic E-state index is 12.0. The van der Waals surface area contributed by atoms with Gasteiger partial charge in [-0.25, -0.2) is 0 Å². The van der Waals surface area contributed by atoms with Crippen molar-refractivity contribution in [3.8, 4) is 0 Å². The van der Waals surface area contributed by atoms with Crippen LogP contribution >= 0.6 is 0 Å². The van der Waals surface area contributed by atoms with Gasteiger partial charge in [-0.2, -0.15) is 0 Å². The Morgan fingerprint density at radius 1 is 1.30 bits per heavy atom. The molecule has 0 saturated carbocycles. The van der Waals surface area contributed by atoms with E-state index in [9.17, 15) is 4.79 Å². The molecule has 0 aromatic heterocycles. The van der Waals surface area contributed by atoms with Crippen LogP contribution in [0.4, 0.5) is 0 Å². The third kappa shape index (κ3) is 5.74. The number of rotatable bonds is 5. The van der Waals surface area contributed by atoms with Crippen LogP contribution in [-0.4, -0.2) is 11.9 Å². The first kappa shape index (κ1) is 16.7. The highest BCUT2D eigenvalue weighted by molar-refractivity contribution is 5.77. The number of carbonyl (C=O) groups is 1. The summed E-state index contributed by atoms with van der Waals surface area (Å²) in [6.45, 7) is 10.5. The van der Waals surface area contributed by atoms with Crippen LogP contribution in [0.25, 0.3) is 0 Å². The van der Waals surface area contributed by atoms with Gasteiger partial charge in [0.25, 0.3) is 0 Å². The van der Waals surface area contributed by atoms with Crippen molar-refractivity contribution in [3.05, 3.63) is 35.4 Å². The minimum absolute atomic E-state index is 0.0190. The molecule has 1 rings (SSSR count). The summed E-state index contributed by atoms with van der Waals surface area (Å²) in [5, 5.41) is 3.03. The first-order valence-corrected chi connectivity index (χ1v) is 7.29. The normalized spacial score (nSPS) is 14.7. The lowest BCUT2D eigenvalue weighted by atomic mass is 9.87. The quantitative estimate of drug-likeness (QED) is 0.866. The maximum Gasteiger partial charge on any atom is 0.222 e. The van der Waals surface area contributed by atoms with Gasteiger partial charge in [0.1, 0.15) is 0 Å². The number of hydrogen-bond acceptors (Lipinski definition) is 2. The van der Waals surface area contributed by atoms with Crippen molar-refractivity contribution in [2.45, 2.75) is 59.5 Å². The number of amides is 1. The number of nitrogens with one attached hydrogen (secondary N) is 1. The third-order valence-corrected chi connectivity index (χ3v) is 3.35. The second kappa shape index (κ2) is 6.89. The van der Waals surface area contributed by atoms with E-state index in [0.717, 1.165) is 12.0 Å². The van der Waals surface area contributed by atoms with Crippen molar-refractivity contribution in [3.63, 3.8) is 0 Å². The Morgan fingerprint density at radius 3 is 2.45 bits per heavy atom. The van der Waals surface area contributed by atoms with E-state index in [0.29, 0.717) is 6.42 Å². The summed E-state index contributed by atoms with van der Waals surface area (Å²) >= 11 is 0. The fourth-order valence-electron chi connectivity index (χ4n) is 2.55. The van der Waals surface area contributed by atoms with Gasteiger partial charge >= 0.3 is 0 Å². The van der Waals surface area contributed by atoms with Gasteiger partial charge in [-0.15, -0.1) is 0 Å². The Morgan fingerprint density at radius 2 is 1.90 bits per heavy atom. The second-order valence-corrected chi connectivity index (χ2v) is 6.87. The van der Waals surface area contributed by atoms with E-state index in [4.69, 9.17) is 5.73 Å². The summed E-state index contributed by atoms with van der Waals surface area (Å²) in [5.74, 6) is 0.0255. The summed E-state index contributed by atoms with van der Waals surface area (Å²) in [6.07, 6.45) is 1.23. The molecular weight excluding hydrogens is 248 g/mol. The molecule has 1 unspecified atom stereocenters. The number of carbonyl (C=O) groups excluding carboxylic acids is 1. The molecule has 0 aliphatic carbocycles. The summed E-state index contributed by atoms with van der Waals surface area (Å²) < 4.78 is 0. The van der Waals surface area contributed by atoms with Crippen LogP contribution in [0.2, 0.25) is 0 Å². The zero-order valence-corrected chi connectivity index (χ0v) is 13.4. The molecule has 112 valence electrons. The van der Waals surface area contributed by atoms with Crippen molar-refractivity contribution < 1.29 is 4.79 Å². The molecule has 2 atom stereocenters. The van der Waals surface area contributed by atoms with E-state index in [2.05, 4.69) is 45.1 Å². The van der Waals surface area contributed by atoms with Gasteiger partial charge in [0, 0.05) is 12.5 Å². The molecule has 0 fully saturated rings. The Labute approximate surface area is 122 Å². The molecule has 0 saturated heterocycles. The molecule has 0 heterocycles. The van der Waals surface area contributed by atoms with Crippen molar-refractivity contribution >= 4 is 5.91 Å². The van der Waals surface area contributed by atoms with Gasteiger partial charge in [-0.05, 0) is 36.8 Å². The lowest BCUT2D eigenvalue weighted by Crippen LogP contribution is -2.35. The highest BCUT2D eigenvalue weighted by atomic mass is 16.1. The Kier molecular flexibility index (Phi) is 5.75. The van der Waals surface area contributed by atoms with Crippen LogP contribution in [0, 0.1) is 12.3 Å². The SMILES string of the molecule is Cc1ccccc1[C@H](C)NC(=O)CC(N)CC(C)(C)C. The number of aryl methyl sites for hydroxylation is 1. The van der Waals surface area contributed by atoms with E-state index in [1.807, 2.05) is 19.1 Å². The zero-order valence-electron chi connectivity index (χ0n) is 13.4. The van der Waals surface area contributed by atoms with E-state index in [-0.39, 0.29) is 23.4 Å². The monoisotopic (exact) mass is 276 g/mol. The smallest absolute Gasteiger partial charge is 0.222 e. The predicted molar refractivity (Wildman–Crippen MR) is 84.4 cm³/mol. The van der Waals surface area contributed by atoms with E-state index >= 15 is 0 Å². The van der Waals surface area contributed by atoms with Gasteiger partial charge in [-0.1, -0.05) is 45.0 Å². The van der Waals surface area contributed by atoms with Crippen molar-refractivity contribution in [2.24, 2.45) is 11.1 Å². The lowest BCUT2D eigenvalue weighted by molar-refractivity contribution is -0.122. The van der Waals surface area contributed by atoms with Crippen molar-refractivity contribution in [2.75, 3.05) is 0 Å². The predicted octanol–water partition coefficient (Wildman–Crippen LogP) is 3.33. The summed E-state index contributed by atoms with van der Waals surface area (Å²) in [5.41, 5.74) is 8.55. The minimum Gasteiger partial charge on any atom is -0.350 e. The number of benzene rings is 1. The molecule has 1 amide bonds. The van der Waals surface area contributed by atoms with Crippen molar-refractivity contribution in [1.29, 1.82) is 0 Å². The molecule has 0 aliphatic heterocycles. The zero-order chi connectivity index (χ0) is 15.3. The Bertz CT molecular complexity index is 449. The molecule has 0 spiro atoms. The molecule has 20 heavy (non-hydrogen) atoms. The topological polar surface area (TPSA) is 55.1 Å². The highest BCUT2D eigenvalue weighted by Gasteiger charge is 2.19. The fraction of sp³-hybridized carbons (Fsp3) is 0.588. The summed E-state index contributed by atoms with van der Waals surface area (Å²) in [7, 11) is 0. The number of nitrogens with two attached hydrogens (primary N) is 1. The Hall–Kier alpha value is -1.35. The van der Waals surface area contributed by atoms with Gasteiger partial charge in [-0.3, -0.25) is 4.79 Å². The van der Waals surface area contributed by atoms with Crippen LogP contribution in [0.1, 0.15) is 57.7 Å². The number of hydrogen-bond donors (Lipinski definition) is 2. The van der Waals surface area contributed by atoms with Crippen LogP contribution in [-0.2, 0) is 4.79 Å². The standard InChI is InChI=1S/C17H28N2O/c1-12-8-6-7-9-15(12)13(2)19-16(20)10-14(18)11-17(3,4)5/h6-9,13-14H,10-11,18H2,1-5H3,(H,19,20)/t13-,14?/m0/s1. The average molecular weight is 276 g/mol.